The average Bonchev–Trinajstić information content (AvgIpc) is 3.10. The van der Waals surface area contributed by atoms with Gasteiger partial charge in [0.05, 0.1) is 17.7 Å². The second-order valence-electron chi connectivity index (χ2n) is 4.30. The maximum atomic E-state index is 9.28. The van der Waals surface area contributed by atoms with Gasteiger partial charge in [-0.2, -0.15) is 0 Å². The molecule has 1 aromatic carbocycles. The summed E-state index contributed by atoms with van der Waals surface area (Å²) in [5, 5.41) is 13.6. The molecule has 2 aromatic rings. The van der Waals surface area contributed by atoms with Crippen LogP contribution < -0.4 is 5.32 Å². The monoisotopic (exact) mass is 215 g/mol. The van der Waals surface area contributed by atoms with Crippen molar-refractivity contribution >= 4 is 16.7 Å². The predicted octanol–water partition coefficient (Wildman–Crippen LogP) is 1.57. The van der Waals surface area contributed by atoms with Crippen LogP contribution in [-0.2, 0) is 0 Å². The van der Waals surface area contributed by atoms with Crippen LogP contribution in [0.25, 0.3) is 10.9 Å². The first-order valence-corrected chi connectivity index (χ1v) is 5.42. The van der Waals surface area contributed by atoms with Gasteiger partial charge in [0.15, 0.2) is 0 Å². The number of benzene rings is 1. The molecule has 0 atom stereocenters. The topological polar surface area (TPSA) is 58.0 Å². The maximum absolute atomic E-state index is 9.28. The van der Waals surface area contributed by atoms with Crippen LogP contribution in [0.3, 0.4) is 0 Å². The smallest absolute Gasteiger partial charge is 0.137 e. The zero-order valence-corrected chi connectivity index (χ0v) is 8.85. The van der Waals surface area contributed by atoms with E-state index in [1.165, 1.54) is 0 Å². The fraction of sp³-hybridized carbons (Fsp3) is 0.333. The third-order valence-electron chi connectivity index (χ3n) is 3.08. The molecule has 0 spiro atoms. The molecule has 2 N–H and O–H groups in total. The third-order valence-corrected chi connectivity index (χ3v) is 3.08. The van der Waals surface area contributed by atoms with Crippen LogP contribution in [0.5, 0.6) is 0 Å². The van der Waals surface area contributed by atoms with Gasteiger partial charge in [-0.15, -0.1) is 0 Å². The molecule has 0 bridgehead atoms. The highest BCUT2D eigenvalue weighted by Crippen LogP contribution is 2.38. The van der Waals surface area contributed by atoms with E-state index in [2.05, 4.69) is 15.3 Å². The zero-order chi connectivity index (χ0) is 11.0. The number of hydrogen-bond donors (Lipinski definition) is 2. The highest BCUT2D eigenvalue weighted by molar-refractivity contribution is 5.89. The Labute approximate surface area is 93.4 Å². The van der Waals surface area contributed by atoms with E-state index >= 15 is 0 Å². The normalized spacial score (nSPS) is 17.3. The zero-order valence-electron chi connectivity index (χ0n) is 8.85. The number of aliphatic hydroxyl groups excluding tert-OH is 1. The molecule has 1 aliphatic rings. The van der Waals surface area contributed by atoms with Crippen LogP contribution in [-0.4, -0.2) is 27.2 Å². The summed E-state index contributed by atoms with van der Waals surface area (Å²) in [5.74, 6) is 0.817. The number of para-hydroxylation sites is 1. The second-order valence-corrected chi connectivity index (χ2v) is 4.30. The molecule has 1 aromatic heterocycles. The van der Waals surface area contributed by atoms with E-state index in [-0.39, 0.29) is 12.1 Å². The summed E-state index contributed by atoms with van der Waals surface area (Å²) < 4.78 is 0. The SMILES string of the molecule is OCC1(Nc2ncnc3ccccc23)CC1. The van der Waals surface area contributed by atoms with Crippen molar-refractivity contribution in [3.63, 3.8) is 0 Å². The minimum Gasteiger partial charge on any atom is -0.394 e. The van der Waals surface area contributed by atoms with E-state index in [1.54, 1.807) is 6.33 Å². The van der Waals surface area contributed by atoms with Gasteiger partial charge >= 0.3 is 0 Å². The molecule has 4 nitrogen and oxygen atoms in total. The molecule has 3 rings (SSSR count). The third kappa shape index (κ3) is 1.51. The highest BCUT2D eigenvalue weighted by Gasteiger charge is 2.42. The lowest BCUT2D eigenvalue weighted by atomic mass is 10.2. The van der Waals surface area contributed by atoms with Crippen LogP contribution in [0, 0.1) is 0 Å². The van der Waals surface area contributed by atoms with E-state index in [0.29, 0.717) is 0 Å². The average molecular weight is 215 g/mol. The number of hydrogen-bond acceptors (Lipinski definition) is 4. The van der Waals surface area contributed by atoms with Gasteiger partial charge in [-0.05, 0) is 25.0 Å². The van der Waals surface area contributed by atoms with E-state index in [1.807, 2.05) is 24.3 Å². The predicted molar refractivity (Wildman–Crippen MR) is 62.2 cm³/mol. The Balaban J connectivity index is 2.03. The first-order valence-electron chi connectivity index (χ1n) is 5.42. The van der Waals surface area contributed by atoms with Gasteiger partial charge in [-0.3, -0.25) is 0 Å². The molecule has 1 fully saturated rings. The van der Waals surface area contributed by atoms with Gasteiger partial charge < -0.3 is 10.4 Å². The Morgan fingerprint density at radius 2 is 2.06 bits per heavy atom. The number of rotatable bonds is 3. The molecule has 0 saturated heterocycles. The van der Waals surface area contributed by atoms with Gasteiger partial charge in [-0.1, -0.05) is 12.1 Å². The Kier molecular flexibility index (Phi) is 2.04. The second kappa shape index (κ2) is 3.42. The Morgan fingerprint density at radius 1 is 1.25 bits per heavy atom. The minimum atomic E-state index is -0.142. The summed E-state index contributed by atoms with van der Waals surface area (Å²) in [7, 11) is 0. The first kappa shape index (κ1) is 9.54. The van der Waals surface area contributed by atoms with Crippen molar-refractivity contribution in [1.82, 2.24) is 9.97 Å². The van der Waals surface area contributed by atoms with Crippen molar-refractivity contribution in [2.75, 3.05) is 11.9 Å². The fourth-order valence-corrected chi connectivity index (χ4v) is 1.83. The summed E-state index contributed by atoms with van der Waals surface area (Å²) in [6.45, 7) is 0.158. The molecule has 1 saturated carbocycles. The Morgan fingerprint density at radius 3 is 2.81 bits per heavy atom. The first-order chi connectivity index (χ1) is 7.83. The number of anilines is 1. The standard InChI is InChI=1S/C12H13N3O/c16-7-12(5-6-12)15-11-9-3-1-2-4-10(9)13-8-14-11/h1-4,8,16H,5-7H2,(H,13,14,15). The molecular formula is C12H13N3O. The summed E-state index contributed by atoms with van der Waals surface area (Å²) in [5.41, 5.74) is 0.783. The van der Waals surface area contributed by atoms with Gasteiger partial charge in [0, 0.05) is 5.39 Å². The van der Waals surface area contributed by atoms with Gasteiger partial charge in [0.2, 0.25) is 0 Å². The minimum absolute atomic E-state index is 0.142. The molecule has 4 heteroatoms. The molecule has 82 valence electrons. The molecule has 1 heterocycles. The number of fused-ring (bicyclic) bond motifs is 1. The molecular weight excluding hydrogens is 202 g/mol. The van der Waals surface area contributed by atoms with E-state index in [0.717, 1.165) is 29.6 Å². The molecule has 1 aliphatic carbocycles. The van der Waals surface area contributed by atoms with Crippen molar-refractivity contribution in [2.24, 2.45) is 0 Å². The largest absolute Gasteiger partial charge is 0.394 e. The number of nitrogens with one attached hydrogen (secondary N) is 1. The van der Waals surface area contributed by atoms with Crippen LogP contribution in [0.15, 0.2) is 30.6 Å². The Bertz CT molecular complexity index is 517. The van der Waals surface area contributed by atoms with E-state index in [9.17, 15) is 5.11 Å². The molecule has 16 heavy (non-hydrogen) atoms. The van der Waals surface area contributed by atoms with Crippen molar-refractivity contribution in [1.29, 1.82) is 0 Å². The molecule has 0 amide bonds. The lowest BCUT2D eigenvalue weighted by molar-refractivity contribution is 0.266. The van der Waals surface area contributed by atoms with Crippen molar-refractivity contribution in [2.45, 2.75) is 18.4 Å². The van der Waals surface area contributed by atoms with Crippen LogP contribution in [0.4, 0.5) is 5.82 Å². The number of aromatic nitrogens is 2. The quantitative estimate of drug-likeness (QED) is 0.816. The molecule has 0 unspecified atom stereocenters. The summed E-state index contributed by atoms with van der Waals surface area (Å²) in [6, 6.07) is 7.87. The van der Waals surface area contributed by atoms with Crippen LogP contribution in [0.1, 0.15) is 12.8 Å². The van der Waals surface area contributed by atoms with Crippen LogP contribution in [0.2, 0.25) is 0 Å². The summed E-state index contributed by atoms with van der Waals surface area (Å²) >= 11 is 0. The van der Waals surface area contributed by atoms with Crippen molar-refractivity contribution in [3.05, 3.63) is 30.6 Å². The number of nitrogens with zero attached hydrogens (tertiary/aromatic N) is 2. The summed E-state index contributed by atoms with van der Waals surface area (Å²) in [4.78, 5) is 8.45. The van der Waals surface area contributed by atoms with Crippen LogP contribution >= 0.6 is 0 Å². The van der Waals surface area contributed by atoms with Crippen molar-refractivity contribution < 1.29 is 5.11 Å². The lowest BCUT2D eigenvalue weighted by Crippen LogP contribution is -2.26. The van der Waals surface area contributed by atoms with Gasteiger partial charge in [-0.25, -0.2) is 9.97 Å². The molecule has 0 aliphatic heterocycles. The van der Waals surface area contributed by atoms with E-state index in [4.69, 9.17) is 0 Å². The number of aliphatic hydroxyl groups is 1. The highest BCUT2D eigenvalue weighted by atomic mass is 16.3. The summed E-state index contributed by atoms with van der Waals surface area (Å²) in [6.07, 6.45) is 3.56. The fourth-order valence-electron chi connectivity index (χ4n) is 1.83. The lowest BCUT2D eigenvalue weighted by Gasteiger charge is -2.15. The maximum Gasteiger partial charge on any atom is 0.137 e. The molecule has 0 radical (unpaired) electrons. The van der Waals surface area contributed by atoms with Crippen molar-refractivity contribution in [3.8, 4) is 0 Å². The van der Waals surface area contributed by atoms with Gasteiger partial charge in [0.25, 0.3) is 0 Å². The van der Waals surface area contributed by atoms with E-state index < -0.39 is 0 Å². The van der Waals surface area contributed by atoms with Gasteiger partial charge in [0.1, 0.15) is 12.1 Å². The Hall–Kier alpha value is -1.68.